The lowest BCUT2D eigenvalue weighted by atomic mass is 9.65. The number of hydrogen-bond acceptors (Lipinski definition) is 3. The van der Waals surface area contributed by atoms with Crippen LogP contribution in [0.1, 0.15) is 45.4 Å². The second-order valence-corrected chi connectivity index (χ2v) is 6.57. The van der Waals surface area contributed by atoms with Crippen LogP contribution >= 0.6 is 0 Å². The van der Waals surface area contributed by atoms with Crippen molar-refractivity contribution in [3.8, 4) is 0 Å². The Morgan fingerprint density at radius 3 is 2.65 bits per heavy atom. The van der Waals surface area contributed by atoms with Gasteiger partial charge in [0.05, 0.1) is 11.0 Å². The molecule has 106 valence electrons. The predicted molar refractivity (Wildman–Crippen MR) is 75.0 cm³/mol. The number of aliphatic carboxylic acids is 1. The monoisotopic (exact) mass is 271 g/mol. The number of hydrogen-bond donors (Lipinski definition) is 1. The van der Waals surface area contributed by atoms with Gasteiger partial charge in [-0.3, -0.25) is 0 Å². The lowest BCUT2D eigenvalue weighted by molar-refractivity contribution is -0.322. The zero-order chi connectivity index (χ0) is 14.5. The van der Waals surface area contributed by atoms with Gasteiger partial charge in [0, 0.05) is 17.3 Å². The number of aromatic amines is 1. The van der Waals surface area contributed by atoms with Crippen molar-refractivity contribution in [3.63, 3.8) is 0 Å². The third-order valence-electron chi connectivity index (χ3n) is 5.41. The summed E-state index contributed by atoms with van der Waals surface area (Å²) in [7, 11) is 0. The predicted octanol–water partition coefficient (Wildman–Crippen LogP) is 2.22. The number of H-pyrrole nitrogens is 1. The van der Waals surface area contributed by atoms with Crippen molar-refractivity contribution in [1.29, 1.82) is 0 Å². The molecule has 4 heteroatoms. The normalized spacial score (nSPS) is 28.9. The standard InChI is InChI=1S/C16H20N2O2/c1-15(2)10(8-9-16(15,3)14(19)20)13-17-11-6-4-5-7-12(11)18-13/h4-7,10H,8-9H2,1-3H3,(H,17,18)(H,19,20)/p-1/t10-,16-/m1/s1. The smallest absolute Gasteiger partial charge is 0.110 e. The number of nitrogens with zero attached hydrogens (tertiary/aromatic N) is 1. The Morgan fingerprint density at radius 2 is 2.05 bits per heavy atom. The van der Waals surface area contributed by atoms with E-state index < -0.39 is 11.4 Å². The first-order valence-electron chi connectivity index (χ1n) is 7.02. The summed E-state index contributed by atoms with van der Waals surface area (Å²) < 4.78 is 0. The highest BCUT2D eigenvalue weighted by atomic mass is 16.4. The van der Waals surface area contributed by atoms with Crippen molar-refractivity contribution in [2.75, 3.05) is 0 Å². The number of carbonyl (C=O) groups excluding carboxylic acids is 1. The Morgan fingerprint density at radius 1 is 1.35 bits per heavy atom. The SMILES string of the molecule is CC1(C)[C@@H](c2nc3ccccc3[nH]2)CC[C@]1(C)C(=O)[O-]. The number of imidazole rings is 1. The zero-order valence-electron chi connectivity index (χ0n) is 12.1. The number of fused-ring (bicyclic) bond motifs is 1. The number of rotatable bonds is 2. The number of carbonyl (C=O) groups is 1. The lowest BCUT2D eigenvalue weighted by Gasteiger charge is -2.42. The number of para-hydroxylation sites is 2. The van der Waals surface area contributed by atoms with Crippen molar-refractivity contribution in [2.45, 2.75) is 39.5 Å². The minimum atomic E-state index is -0.957. The van der Waals surface area contributed by atoms with E-state index in [4.69, 9.17) is 0 Å². The van der Waals surface area contributed by atoms with Gasteiger partial charge in [-0.25, -0.2) is 4.98 Å². The Labute approximate surface area is 118 Å². The molecule has 1 fully saturated rings. The van der Waals surface area contributed by atoms with Crippen LogP contribution in [0, 0.1) is 10.8 Å². The summed E-state index contributed by atoms with van der Waals surface area (Å²) in [5.41, 5.74) is 0.733. The van der Waals surface area contributed by atoms with E-state index in [1.54, 1.807) is 6.92 Å². The number of carboxylic acids is 1. The Bertz CT molecular complexity index is 641. The van der Waals surface area contributed by atoms with Gasteiger partial charge in [0.2, 0.25) is 0 Å². The fourth-order valence-corrected chi connectivity index (χ4v) is 3.48. The summed E-state index contributed by atoms with van der Waals surface area (Å²) in [5, 5.41) is 11.5. The molecule has 1 aromatic heterocycles. The second kappa shape index (κ2) is 4.08. The maximum Gasteiger partial charge on any atom is 0.110 e. The summed E-state index contributed by atoms with van der Waals surface area (Å²) in [6.07, 6.45) is 1.45. The number of carboxylic acid groups (broad SMARTS) is 1. The van der Waals surface area contributed by atoms with E-state index in [0.29, 0.717) is 6.42 Å². The van der Waals surface area contributed by atoms with Gasteiger partial charge >= 0.3 is 0 Å². The highest BCUT2D eigenvalue weighted by Gasteiger charge is 2.53. The molecule has 0 spiro atoms. The van der Waals surface area contributed by atoms with Gasteiger partial charge in [0.25, 0.3) is 0 Å². The summed E-state index contributed by atoms with van der Waals surface area (Å²) in [4.78, 5) is 19.5. The number of benzene rings is 1. The molecule has 20 heavy (non-hydrogen) atoms. The Hall–Kier alpha value is -1.84. The third kappa shape index (κ3) is 1.60. The van der Waals surface area contributed by atoms with Crippen LogP contribution in [0.4, 0.5) is 0 Å². The maximum atomic E-state index is 11.5. The molecule has 3 rings (SSSR count). The lowest BCUT2D eigenvalue weighted by Crippen LogP contribution is -2.47. The molecule has 1 N–H and O–H groups in total. The van der Waals surface area contributed by atoms with E-state index in [0.717, 1.165) is 23.3 Å². The molecule has 0 amide bonds. The second-order valence-electron chi connectivity index (χ2n) is 6.57. The summed E-state index contributed by atoms with van der Waals surface area (Å²) in [5.74, 6) is 0.0417. The van der Waals surface area contributed by atoms with Gasteiger partial charge < -0.3 is 14.9 Å². The van der Waals surface area contributed by atoms with E-state index in [-0.39, 0.29) is 11.3 Å². The average Bonchev–Trinajstić information content (AvgIpc) is 2.90. The van der Waals surface area contributed by atoms with Crippen molar-refractivity contribution in [2.24, 2.45) is 10.8 Å². The van der Waals surface area contributed by atoms with E-state index in [1.807, 2.05) is 38.1 Å². The van der Waals surface area contributed by atoms with Crippen molar-refractivity contribution in [3.05, 3.63) is 30.1 Å². The average molecular weight is 271 g/mol. The van der Waals surface area contributed by atoms with E-state index in [1.165, 1.54) is 0 Å². The Kier molecular flexibility index (Phi) is 2.68. The van der Waals surface area contributed by atoms with E-state index in [2.05, 4.69) is 9.97 Å². The highest BCUT2D eigenvalue weighted by molar-refractivity contribution is 5.76. The topological polar surface area (TPSA) is 68.8 Å². The number of aromatic nitrogens is 2. The first kappa shape index (κ1) is 13.2. The van der Waals surface area contributed by atoms with Gasteiger partial charge in [-0.15, -0.1) is 0 Å². The molecule has 1 aromatic carbocycles. The minimum absolute atomic E-state index is 0.109. The third-order valence-corrected chi connectivity index (χ3v) is 5.41. The first-order valence-corrected chi connectivity index (χ1v) is 7.02. The molecule has 4 nitrogen and oxygen atoms in total. The van der Waals surface area contributed by atoms with Crippen molar-refractivity contribution < 1.29 is 9.90 Å². The molecule has 0 bridgehead atoms. The molecule has 0 saturated heterocycles. The van der Waals surface area contributed by atoms with E-state index in [9.17, 15) is 9.90 Å². The van der Waals surface area contributed by atoms with Gasteiger partial charge in [-0.1, -0.05) is 32.9 Å². The molecule has 0 unspecified atom stereocenters. The molecule has 1 saturated carbocycles. The van der Waals surface area contributed by atoms with Crippen LogP contribution in [0.15, 0.2) is 24.3 Å². The largest absolute Gasteiger partial charge is 0.550 e. The molecule has 1 heterocycles. The van der Waals surface area contributed by atoms with Crippen LogP contribution < -0.4 is 5.11 Å². The van der Waals surface area contributed by atoms with Gasteiger partial charge in [0.15, 0.2) is 0 Å². The van der Waals surface area contributed by atoms with Crippen LogP contribution in [0.25, 0.3) is 11.0 Å². The van der Waals surface area contributed by atoms with Gasteiger partial charge in [0.1, 0.15) is 5.82 Å². The van der Waals surface area contributed by atoms with Crippen LogP contribution in [-0.4, -0.2) is 15.9 Å². The fraction of sp³-hybridized carbons (Fsp3) is 0.500. The maximum absolute atomic E-state index is 11.5. The first-order chi connectivity index (χ1) is 9.36. The minimum Gasteiger partial charge on any atom is -0.550 e. The van der Waals surface area contributed by atoms with Crippen molar-refractivity contribution in [1.82, 2.24) is 9.97 Å². The molecule has 1 aliphatic carbocycles. The van der Waals surface area contributed by atoms with Gasteiger partial charge in [-0.05, 0) is 30.4 Å². The van der Waals surface area contributed by atoms with E-state index >= 15 is 0 Å². The van der Waals surface area contributed by atoms with Crippen molar-refractivity contribution >= 4 is 17.0 Å². The Balaban J connectivity index is 2.05. The molecule has 2 aromatic rings. The van der Waals surface area contributed by atoms with Crippen LogP contribution in [0.2, 0.25) is 0 Å². The summed E-state index contributed by atoms with van der Waals surface area (Å²) in [6, 6.07) is 7.88. The highest BCUT2D eigenvalue weighted by Crippen LogP contribution is 2.59. The number of nitrogens with one attached hydrogen (secondary N) is 1. The molecule has 1 aliphatic rings. The van der Waals surface area contributed by atoms with Crippen LogP contribution in [-0.2, 0) is 4.79 Å². The van der Waals surface area contributed by atoms with Crippen LogP contribution in [0.5, 0.6) is 0 Å². The molecule has 2 atom stereocenters. The van der Waals surface area contributed by atoms with Crippen LogP contribution in [0.3, 0.4) is 0 Å². The quantitative estimate of drug-likeness (QED) is 0.910. The molecule has 0 radical (unpaired) electrons. The summed E-state index contributed by atoms with van der Waals surface area (Å²) in [6.45, 7) is 5.81. The molecular weight excluding hydrogens is 252 g/mol. The molecular formula is C16H19N2O2-. The summed E-state index contributed by atoms with van der Waals surface area (Å²) >= 11 is 0. The van der Waals surface area contributed by atoms with Gasteiger partial charge in [-0.2, -0.15) is 0 Å². The molecule has 0 aliphatic heterocycles. The fourth-order valence-electron chi connectivity index (χ4n) is 3.48. The zero-order valence-corrected chi connectivity index (χ0v) is 12.1.